The van der Waals surface area contributed by atoms with Gasteiger partial charge in [0, 0.05) is 38.1 Å². The Bertz CT molecular complexity index is 1070. The standard InChI is InChI=1S/C25H25F3N2O2/c1-3-13-29(17-20-9-4-5-12-23(20)24(31)32-2)18-22-11-7-14-30(22)16-19-8-6-10-21(15-19)25(26,27)28/h3-12,14-15H,1,13,16-18H2,2H3. The Hall–Kier alpha value is -3.32. The summed E-state index contributed by atoms with van der Waals surface area (Å²) in [6.45, 7) is 5.75. The summed E-state index contributed by atoms with van der Waals surface area (Å²) in [5.74, 6) is -0.396. The van der Waals surface area contributed by atoms with Crippen molar-refractivity contribution >= 4 is 5.97 Å². The molecule has 0 aliphatic heterocycles. The first-order valence-electron chi connectivity index (χ1n) is 10.1. The van der Waals surface area contributed by atoms with Crippen LogP contribution in [0.2, 0.25) is 0 Å². The van der Waals surface area contributed by atoms with E-state index < -0.39 is 17.7 Å². The quantitative estimate of drug-likeness (QED) is 0.323. The van der Waals surface area contributed by atoms with Crippen molar-refractivity contribution in [2.45, 2.75) is 25.8 Å². The summed E-state index contributed by atoms with van der Waals surface area (Å²) in [7, 11) is 1.35. The van der Waals surface area contributed by atoms with Crippen molar-refractivity contribution < 1.29 is 22.7 Å². The van der Waals surface area contributed by atoms with Gasteiger partial charge >= 0.3 is 12.1 Å². The van der Waals surface area contributed by atoms with Gasteiger partial charge in [0.15, 0.2) is 0 Å². The van der Waals surface area contributed by atoms with E-state index in [4.69, 9.17) is 4.74 Å². The van der Waals surface area contributed by atoms with E-state index in [1.54, 1.807) is 24.3 Å². The maximum atomic E-state index is 13.0. The minimum atomic E-state index is -4.37. The van der Waals surface area contributed by atoms with E-state index in [-0.39, 0.29) is 0 Å². The molecule has 0 aliphatic carbocycles. The Morgan fingerprint density at radius 3 is 2.59 bits per heavy atom. The second-order valence-corrected chi connectivity index (χ2v) is 7.43. The summed E-state index contributed by atoms with van der Waals surface area (Å²) >= 11 is 0. The Balaban J connectivity index is 1.79. The van der Waals surface area contributed by atoms with Gasteiger partial charge in [0.25, 0.3) is 0 Å². The number of nitrogens with zero attached hydrogens (tertiary/aromatic N) is 2. The van der Waals surface area contributed by atoms with E-state index >= 15 is 0 Å². The number of halogens is 3. The monoisotopic (exact) mass is 442 g/mol. The number of methoxy groups -OCH3 is 1. The smallest absolute Gasteiger partial charge is 0.416 e. The second kappa shape index (κ2) is 10.3. The molecule has 0 radical (unpaired) electrons. The van der Waals surface area contributed by atoms with Crippen molar-refractivity contribution in [1.29, 1.82) is 0 Å². The minimum absolute atomic E-state index is 0.326. The highest BCUT2D eigenvalue weighted by atomic mass is 19.4. The summed E-state index contributed by atoms with van der Waals surface area (Å²) < 4.78 is 46.0. The molecule has 1 aromatic heterocycles. The van der Waals surface area contributed by atoms with Gasteiger partial charge in [0.1, 0.15) is 0 Å². The van der Waals surface area contributed by atoms with Gasteiger partial charge < -0.3 is 9.30 Å². The third kappa shape index (κ3) is 5.88. The molecular formula is C25H25F3N2O2. The molecule has 0 spiro atoms. The zero-order valence-electron chi connectivity index (χ0n) is 17.8. The molecule has 0 saturated carbocycles. The Labute approximate surface area is 185 Å². The summed E-state index contributed by atoms with van der Waals surface area (Å²) in [6, 6.07) is 16.4. The van der Waals surface area contributed by atoms with Crippen molar-refractivity contribution in [3.8, 4) is 0 Å². The molecule has 0 unspecified atom stereocenters. The summed E-state index contributed by atoms with van der Waals surface area (Å²) in [5.41, 5.74) is 2.19. The predicted octanol–water partition coefficient (Wildman–Crippen LogP) is 5.53. The largest absolute Gasteiger partial charge is 0.465 e. The van der Waals surface area contributed by atoms with Crippen LogP contribution >= 0.6 is 0 Å². The van der Waals surface area contributed by atoms with Crippen LogP contribution in [0.1, 0.15) is 32.7 Å². The molecule has 3 aromatic rings. The molecule has 0 fully saturated rings. The number of ether oxygens (including phenoxy) is 1. The van der Waals surface area contributed by atoms with Crippen molar-refractivity contribution in [2.75, 3.05) is 13.7 Å². The molecule has 0 atom stereocenters. The Kier molecular flexibility index (Phi) is 7.53. The average molecular weight is 442 g/mol. The van der Waals surface area contributed by atoms with Gasteiger partial charge in [-0.25, -0.2) is 4.79 Å². The molecule has 1 heterocycles. The minimum Gasteiger partial charge on any atom is -0.465 e. The van der Waals surface area contributed by atoms with E-state index in [1.807, 2.05) is 35.0 Å². The molecule has 0 aliphatic rings. The van der Waals surface area contributed by atoms with E-state index in [2.05, 4.69) is 11.5 Å². The summed E-state index contributed by atoms with van der Waals surface area (Å²) in [6.07, 6.45) is -0.742. The first kappa shape index (κ1) is 23.3. The van der Waals surface area contributed by atoms with Crippen molar-refractivity contribution in [1.82, 2.24) is 9.47 Å². The lowest BCUT2D eigenvalue weighted by Crippen LogP contribution is -2.25. The molecular weight excluding hydrogens is 417 g/mol. The molecule has 2 aromatic carbocycles. The van der Waals surface area contributed by atoms with Gasteiger partial charge in [0.2, 0.25) is 0 Å². The van der Waals surface area contributed by atoms with E-state index in [0.29, 0.717) is 37.3 Å². The molecule has 168 valence electrons. The molecule has 0 saturated heterocycles. The van der Waals surface area contributed by atoms with E-state index in [1.165, 1.54) is 19.2 Å². The fraction of sp³-hybridized carbons (Fsp3) is 0.240. The van der Waals surface area contributed by atoms with Crippen LogP contribution in [0, 0.1) is 0 Å². The van der Waals surface area contributed by atoms with Gasteiger partial charge in [0.05, 0.1) is 18.2 Å². The third-order valence-electron chi connectivity index (χ3n) is 5.12. The first-order chi connectivity index (χ1) is 15.3. The van der Waals surface area contributed by atoms with Crippen LogP contribution in [0.4, 0.5) is 13.2 Å². The molecule has 0 amide bonds. The number of hydrogen-bond acceptors (Lipinski definition) is 3. The number of benzene rings is 2. The van der Waals surface area contributed by atoms with Crippen LogP contribution in [-0.4, -0.2) is 29.1 Å². The van der Waals surface area contributed by atoms with Gasteiger partial charge in [-0.1, -0.05) is 36.4 Å². The van der Waals surface area contributed by atoms with Gasteiger partial charge in [-0.15, -0.1) is 6.58 Å². The highest BCUT2D eigenvalue weighted by Gasteiger charge is 2.30. The van der Waals surface area contributed by atoms with Crippen LogP contribution in [0.15, 0.2) is 79.5 Å². The van der Waals surface area contributed by atoms with Crippen molar-refractivity contribution in [2.24, 2.45) is 0 Å². The molecule has 7 heteroatoms. The van der Waals surface area contributed by atoms with Crippen molar-refractivity contribution in [3.05, 3.63) is 107 Å². The fourth-order valence-electron chi connectivity index (χ4n) is 3.59. The average Bonchev–Trinajstić information content (AvgIpc) is 3.19. The van der Waals surface area contributed by atoms with Gasteiger partial charge in [-0.3, -0.25) is 4.90 Å². The van der Waals surface area contributed by atoms with Crippen LogP contribution in [-0.2, 0) is 30.5 Å². The number of rotatable bonds is 9. The highest BCUT2D eigenvalue weighted by molar-refractivity contribution is 5.90. The lowest BCUT2D eigenvalue weighted by atomic mass is 10.1. The van der Waals surface area contributed by atoms with Crippen LogP contribution in [0.25, 0.3) is 0 Å². The van der Waals surface area contributed by atoms with E-state index in [9.17, 15) is 18.0 Å². The zero-order chi connectivity index (χ0) is 23.1. The summed E-state index contributed by atoms with van der Waals surface area (Å²) in [5, 5.41) is 0. The lowest BCUT2D eigenvalue weighted by molar-refractivity contribution is -0.137. The highest BCUT2D eigenvalue weighted by Crippen LogP contribution is 2.29. The molecule has 0 bridgehead atoms. The van der Waals surface area contributed by atoms with Crippen molar-refractivity contribution in [3.63, 3.8) is 0 Å². The molecule has 4 nitrogen and oxygen atoms in total. The molecule has 3 rings (SSSR count). The van der Waals surface area contributed by atoms with Crippen LogP contribution < -0.4 is 0 Å². The topological polar surface area (TPSA) is 34.5 Å². The normalized spacial score (nSPS) is 11.5. The van der Waals surface area contributed by atoms with Crippen LogP contribution in [0.5, 0.6) is 0 Å². The molecule has 0 N–H and O–H groups in total. The maximum absolute atomic E-state index is 13.0. The lowest BCUT2D eigenvalue weighted by Gasteiger charge is -2.23. The van der Waals surface area contributed by atoms with Crippen LogP contribution in [0.3, 0.4) is 0 Å². The van der Waals surface area contributed by atoms with Gasteiger partial charge in [-0.2, -0.15) is 13.2 Å². The molecule has 32 heavy (non-hydrogen) atoms. The van der Waals surface area contributed by atoms with E-state index in [0.717, 1.165) is 17.3 Å². The van der Waals surface area contributed by atoms with Gasteiger partial charge in [-0.05, 0) is 41.5 Å². The number of alkyl halides is 3. The SMILES string of the molecule is C=CCN(Cc1ccccc1C(=O)OC)Cc1cccn1Cc1cccc(C(F)(F)F)c1. The second-order valence-electron chi connectivity index (χ2n) is 7.43. The number of carbonyl (C=O) groups excluding carboxylic acids is 1. The summed E-state index contributed by atoms with van der Waals surface area (Å²) in [4.78, 5) is 14.2. The predicted molar refractivity (Wildman–Crippen MR) is 117 cm³/mol. The Morgan fingerprint density at radius 1 is 1.09 bits per heavy atom. The zero-order valence-corrected chi connectivity index (χ0v) is 17.8. The fourth-order valence-corrected chi connectivity index (χ4v) is 3.59. The Morgan fingerprint density at radius 2 is 1.88 bits per heavy atom. The maximum Gasteiger partial charge on any atom is 0.416 e. The number of carbonyl (C=O) groups is 1. The number of hydrogen-bond donors (Lipinski definition) is 0. The third-order valence-corrected chi connectivity index (χ3v) is 5.12. The number of aromatic nitrogens is 1. The number of esters is 1. The first-order valence-corrected chi connectivity index (χ1v) is 10.1.